The minimum absolute atomic E-state index is 0.221. The highest BCUT2D eigenvalue weighted by molar-refractivity contribution is 5.44. The maximum Gasteiger partial charge on any atom is 0.125 e. The average molecular weight is 259 g/mol. The molecule has 0 saturated heterocycles. The zero-order chi connectivity index (χ0) is 13.7. The van der Waals surface area contributed by atoms with Crippen LogP contribution in [0.3, 0.4) is 0 Å². The normalized spacial score (nSPS) is 11.9. The molecule has 0 amide bonds. The van der Waals surface area contributed by atoms with Gasteiger partial charge in [0.05, 0.1) is 7.11 Å². The van der Waals surface area contributed by atoms with Crippen LogP contribution >= 0.6 is 0 Å². The Hall–Kier alpha value is -2.03. The van der Waals surface area contributed by atoms with Crippen LogP contribution in [-0.2, 0) is 6.42 Å². The summed E-state index contributed by atoms with van der Waals surface area (Å²) >= 11 is 0. The molecule has 0 aromatic heterocycles. The summed E-state index contributed by atoms with van der Waals surface area (Å²) in [5, 5.41) is 3.29. The zero-order valence-electron chi connectivity index (χ0n) is 11.2. The van der Waals surface area contributed by atoms with E-state index >= 15 is 0 Å². The molecule has 0 heterocycles. The van der Waals surface area contributed by atoms with Gasteiger partial charge in [-0.05, 0) is 49.2 Å². The monoisotopic (exact) mass is 259 g/mol. The number of anilines is 1. The third-order valence-electron chi connectivity index (χ3n) is 2.94. The summed E-state index contributed by atoms with van der Waals surface area (Å²) < 4.78 is 18.2. The van der Waals surface area contributed by atoms with Crippen molar-refractivity contribution in [3.63, 3.8) is 0 Å². The van der Waals surface area contributed by atoms with Crippen molar-refractivity contribution >= 4 is 5.69 Å². The van der Waals surface area contributed by atoms with Crippen molar-refractivity contribution in [3.05, 3.63) is 59.9 Å². The van der Waals surface area contributed by atoms with Crippen LogP contribution in [-0.4, -0.2) is 13.2 Å². The van der Waals surface area contributed by atoms with Gasteiger partial charge in [-0.2, -0.15) is 0 Å². The van der Waals surface area contributed by atoms with E-state index in [4.69, 9.17) is 4.74 Å². The largest absolute Gasteiger partial charge is 0.497 e. The van der Waals surface area contributed by atoms with E-state index in [-0.39, 0.29) is 11.9 Å². The second-order valence-electron chi connectivity index (χ2n) is 4.61. The predicted octanol–water partition coefficient (Wildman–Crippen LogP) is 3.88. The fraction of sp³-hybridized carbons (Fsp3) is 0.250. The predicted molar refractivity (Wildman–Crippen MR) is 76.2 cm³/mol. The van der Waals surface area contributed by atoms with E-state index in [1.807, 2.05) is 30.3 Å². The van der Waals surface area contributed by atoms with Crippen LogP contribution in [0.2, 0.25) is 0 Å². The van der Waals surface area contributed by atoms with Crippen molar-refractivity contribution in [2.24, 2.45) is 0 Å². The Labute approximate surface area is 113 Å². The lowest BCUT2D eigenvalue weighted by Gasteiger charge is -2.15. The van der Waals surface area contributed by atoms with E-state index in [0.717, 1.165) is 17.9 Å². The van der Waals surface area contributed by atoms with Crippen LogP contribution in [0.5, 0.6) is 5.75 Å². The highest BCUT2D eigenvalue weighted by Crippen LogP contribution is 2.15. The molecule has 0 bridgehead atoms. The lowest BCUT2D eigenvalue weighted by Crippen LogP contribution is -2.18. The van der Waals surface area contributed by atoms with Gasteiger partial charge in [0.1, 0.15) is 11.6 Å². The molecule has 0 unspecified atom stereocenters. The molecule has 19 heavy (non-hydrogen) atoms. The average Bonchev–Trinajstić information content (AvgIpc) is 2.39. The minimum Gasteiger partial charge on any atom is -0.497 e. The summed E-state index contributed by atoms with van der Waals surface area (Å²) in [6, 6.07) is 14.7. The SMILES string of the molecule is COc1ccc(C[C@H](C)Nc2cccc(F)c2)cc1. The number of nitrogens with one attached hydrogen (secondary N) is 1. The van der Waals surface area contributed by atoms with Gasteiger partial charge in [0.25, 0.3) is 0 Å². The first-order chi connectivity index (χ1) is 9.17. The van der Waals surface area contributed by atoms with E-state index in [1.165, 1.54) is 17.7 Å². The molecule has 2 rings (SSSR count). The van der Waals surface area contributed by atoms with Crippen molar-refractivity contribution in [1.82, 2.24) is 0 Å². The molecule has 100 valence electrons. The molecule has 0 spiro atoms. The molecule has 2 nitrogen and oxygen atoms in total. The summed E-state index contributed by atoms with van der Waals surface area (Å²) in [6.07, 6.45) is 0.876. The highest BCUT2D eigenvalue weighted by atomic mass is 19.1. The highest BCUT2D eigenvalue weighted by Gasteiger charge is 2.04. The number of ether oxygens (including phenoxy) is 1. The number of methoxy groups -OCH3 is 1. The van der Waals surface area contributed by atoms with Crippen LogP contribution < -0.4 is 10.1 Å². The minimum atomic E-state index is -0.221. The summed E-state index contributed by atoms with van der Waals surface area (Å²) in [4.78, 5) is 0. The fourth-order valence-corrected chi connectivity index (χ4v) is 2.03. The Morgan fingerprint density at radius 1 is 1.16 bits per heavy atom. The number of halogens is 1. The first-order valence-electron chi connectivity index (χ1n) is 6.32. The van der Waals surface area contributed by atoms with Crippen molar-refractivity contribution < 1.29 is 9.13 Å². The molecule has 2 aromatic rings. The quantitative estimate of drug-likeness (QED) is 0.880. The van der Waals surface area contributed by atoms with E-state index in [9.17, 15) is 4.39 Å². The first kappa shape index (κ1) is 13.4. The third kappa shape index (κ3) is 3.98. The topological polar surface area (TPSA) is 21.3 Å². The van der Waals surface area contributed by atoms with Crippen LogP contribution in [0, 0.1) is 5.82 Å². The molecule has 1 N–H and O–H groups in total. The third-order valence-corrected chi connectivity index (χ3v) is 2.94. The second-order valence-corrected chi connectivity index (χ2v) is 4.61. The Bertz CT molecular complexity index is 525. The number of benzene rings is 2. The van der Waals surface area contributed by atoms with Gasteiger partial charge in [-0.3, -0.25) is 0 Å². The molecule has 0 fully saturated rings. The first-order valence-corrected chi connectivity index (χ1v) is 6.32. The van der Waals surface area contributed by atoms with Gasteiger partial charge in [0, 0.05) is 11.7 Å². The maximum absolute atomic E-state index is 13.1. The number of hydrogen-bond acceptors (Lipinski definition) is 2. The second kappa shape index (κ2) is 6.23. The van der Waals surface area contributed by atoms with Crippen molar-refractivity contribution in [3.8, 4) is 5.75 Å². The van der Waals surface area contributed by atoms with Gasteiger partial charge in [-0.15, -0.1) is 0 Å². The molecule has 0 aliphatic heterocycles. The maximum atomic E-state index is 13.1. The van der Waals surface area contributed by atoms with Crippen LogP contribution in [0.1, 0.15) is 12.5 Å². The summed E-state index contributed by atoms with van der Waals surface area (Å²) in [5.41, 5.74) is 2.03. The number of rotatable bonds is 5. The molecule has 0 aliphatic rings. The molecule has 0 aliphatic carbocycles. The van der Waals surface area contributed by atoms with Crippen LogP contribution in [0.4, 0.5) is 10.1 Å². The Morgan fingerprint density at radius 2 is 1.89 bits per heavy atom. The van der Waals surface area contributed by atoms with E-state index < -0.39 is 0 Å². The van der Waals surface area contributed by atoms with Gasteiger partial charge in [-0.25, -0.2) is 4.39 Å². The lowest BCUT2D eigenvalue weighted by atomic mass is 10.1. The van der Waals surface area contributed by atoms with Crippen LogP contribution in [0.15, 0.2) is 48.5 Å². The van der Waals surface area contributed by atoms with Crippen molar-refractivity contribution in [1.29, 1.82) is 0 Å². The molecule has 0 radical (unpaired) electrons. The van der Waals surface area contributed by atoms with E-state index in [0.29, 0.717) is 0 Å². The molecule has 3 heteroatoms. The number of hydrogen-bond donors (Lipinski definition) is 1. The molecule has 1 atom stereocenters. The molecular weight excluding hydrogens is 241 g/mol. The molecular formula is C16H18FNO. The zero-order valence-corrected chi connectivity index (χ0v) is 11.2. The summed E-state index contributed by atoms with van der Waals surface area (Å²) in [6.45, 7) is 2.08. The molecule has 0 saturated carbocycles. The van der Waals surface area contributed by atoms with Crippen molar-refractivity contribution in [2.45, 2.75) is 19.4 Å². The Balaban J connectivity index is 1.95. The van der Waals surface area contributed by atoms with Gasteiger partial charge < -0.3 is 10.1 Å². The summed E-state index contributed by atoms with van der Waals surface area (Å²) in [7, 11) is 1.66. The van der Waals surface area contributed by atoms with Gasteiger partial charge in [0.15, 0.2) is 0 Å². The fourth-order valence-electron chi connectivity index (χ4n) is 2.03. The smallest absolute Gasteiger partial charge is 0.125 e. The van der Waals surface area contributed by atoms with E-state index in [2.05, 4.69) is 12.2 Å². The van der Waals surface area contributed by atoms with Gasteiger partial charge >= 0.3 is 0 Å². The van der Waals surface area contributed by atoms with Gasteiger partial charge in [-0.1, -0.05) is 18.2 Å². The lowest BCUT2D eigenvalue weighted by molar-refractivity contribution is 0.414. The Kier molecular flexibility index (Phi) is 4.39. The standard InChI is InChI=1S/C16H18FNO/c1-12(18-15-5-3-4-14(17)11-15)10-13-6-8-16(19-2)9-7-13/h3-9,11-12,18H,10H2,1-2H3/t12-/m0/s1. The van der Waals surface area contributed by atoms with Crippen LogP contribution in [0.25, 0.3) is 0 Å². The van der Waals surface area contributed by atoms with E-state index in [1.54, 1.807) is 13.2 Å². The van der Waals surface area contributed by atoms with Crippen molar-refractivity contribution in [2.75, 3.05) is 12.4 Å². The summed E-state index contributed by atoms with van der Waals surface area (Å²) in [5.74, 6) is 0.635. The Morgan fingerprint density at radius 3 is 2.53 bits per heavy atom. The van der Waals surface area contributed by atoms with Gasteiger partial charge in [0.2, 0.25) is 0 Å². The molecule has 2 aromatic carbocycles.